The highest BCUT2D eigenvalue weighted by molar-refractivity contribution is 14.1. The lowest BCUT2D eigenvalue weighted by molar-refractivity contribution is -0.138. The summed E-state index contributed by atoms with van der Waals surface area (Å²) in [5.74, 6) is -0.468. The fourth-order valence-corrected chi connectivity index (χ4v) is 7.66. The number of nitrogens with zero attached hydrogens (tertiary/aromatic N) is 3. The van der Waals surface area contributed by atoms with Crippen molar-refractivity contribution >= 4 is 63.0 Å². The number of esters is 1. The summed E-state index contributed by atoms with van der Waals surface area (Å²) in [4.78, 5) is 34.0. The molecule has 5 aromatic rings. The second kappa shape index (κ2) is 11.6. The summed E-state index contributed by atoms with van der Waals surface area (Å²) in [5.41, 5.74) is 6.95. The minimum atomic E-state index is -0.639. The molecule has 0 saturated carbocycles. The second-order valence-corrected chi connectivity index (χ2v) is 13.2. The number of ether oxygens (including phenoxy) is 1. The fraction of sp³-hybridized carbons (Fsp3) is 0.182. The van der Waals surface area contributed by atoms with Gasteiger partial charge in [0.25, 0.3) is 5.56 Å². The quantitative estimate of drug-likeness (QED) is 0.154. The molecule has 0 amide bonds. The van der Waals surface area contributed by atoms with E-state index in [1.165, 1.54) is 31.8 Å². The van der Waals surface area contributed by atoms with E-state index in [1.807, 2.05) is 53.9 Å². The summed E-state index contributed by atoms with van der Waals surface area (Å²) < 4.78 is 11.2. The monoisotopic (exact) mass is 705 g/mol. The van der Waals surface area contributed by atoms with Crippen LogP contribution in [-0.2, 0) is 9.53 Å². The number of hydrogen-bond donors (Lipinski definition) is 0. The van der Waals surface area contributed by atoms with E-state index in [1.54, 1.807) is 11.5 Å². The zero-order chi connectivity index (χ0) is 29.5. The molecule has 0 saturated heterocycles. The zero-order valence-corrected chi connectivity index (χ0v) is 27.3. The van der Waals surface area contributed by atoms with Crippen LogP contribution >= 0.6 is 45.3 Å². The lowest BCUT2D eigenvalue weighted by Gasteiger charge is -2.24. The second-order valence-electron chi connectivity index (χ2n) is 10.0. The Morgan fingerprint density at radius 2 is 1.86 bits per heavy atom. The molecule has 6 nitrogen and oxygen atoms in total. The highest BCUT2D eigenvalue weighted by atomic mass is 127. The van der Waals surface area contributed by atoms with E-state index in [0.29, 0.717) is 20.6 Å². The van der Waals surface area contributed by atoms with E-state index in [-0.39, 0.29) is 12.2 Å². The van der Waals surface area contributed by atoms with Crippen molar-refractivity contribution in [2.75, 3.05) is 6.61 Å². The fourth-order valence-electron chi connectivity index (χ4n) is 5.35. The van der Waals surface area contributed by atoms with E-state index in [4.69, 9.17) is 9.73 Å². The maximum Gasteiger partial charge on any atom is 0.338 e. The Labute approximate surface area is 265 Å². The number of thiophene rings is 1. The summed E-state index contributed by atoms with van der Waals surface area (Å²) in [6, 6.07) is 21.4. The van der Waals surface area contributed by atoms with Gasteiger partial charge in [0.1, 0.15) is 6.04 Å². The minimum Gasteiger partial charge on any atom is -0.463 e. The molecular weight excluding hydrogens is 677 g/mol. The molecule has 9 heteroatoms. The molecule has 0 fully saturated rings. The molecule has 0 spiro atoms. The van der Waals surface area contributed by atoms with Gasteiger partial charge in [0.05, 0.1) is 22.4 Å². The summed E-state index contributed by atoms with van der Waals surface area (Å²) in [7, 11) is 0. The maximum atomic E-state index is 14.2. The van der Waals surface area contributed by atoms with Crippen LogP contribution in [-0.4, -0.2) is 21.7 Å². The molecule has 1 aliphatic heterocycles. The third kappa shape index (κ3) is 5.03. The normalized spacial score (nSPS) is 15.1. The summed E-state index contributed by atoms with van der Waals surface area (Å²) in [6.07, 6.45) is 1.95. The van der Waals surface area contributed by atoms with Gasteiger partial charge in [0, 0.05) is 31.1 Å². The van der Waals surface area contributed by atoms with Crippen molar-refractivity contribution in [1.82, 2.24) is 9.13 Å². The standard InChI is InChI=1S/C33H28IN3O3S2/c1-5-40-32(39)28-29(22-10-7-6-8-11-22)35-33-37(30(28)26-12-9-15-41-26)31(38)27(42-33)17-23-16-20(3)36(21(23)4)24-14-13-19(2)25(34)18-24/h6-18,30H,5H2,1-4H3/b27-17-/t30-/m0/s1. The van der Waals surface area contributed by atoms with Gasteiger partial charge < -0.3 is 9.30 Å². The topological polar surface area (TPSA) is 65.6 Å². The van der Waals surface area contributed by atoms with Crippen molar-refractivity contribution in [3.63, 3.8) is 0 Å². The number of halogens is 1. The van der Waals surface area contributed by atoms with Crippen molar-refractivity contribution in [3.8, 4) is 5.69 Å². The molecule has 0 unspecified atom stereocenters. The lowest BCUT2D eigenvalue weighted by atomic mass is 9.97. The van der Waals surface area contributed by atoms with Gasteiger partial charge in [-0.25, -0.2) is 9.79 Å². The number of fused-ring (bicyclic) bond motifs is 1. The summed E-state index contributed by atoms with van der Waals surface area (Å²) >= 11 is 5.21. The number of thiazole rings is 1. The Morgan fingerprint density at radius 1 is 1.07 bits per heavy atom. The SMILES string of the molecule is CCOC(=O)C1=C(c2ccccc2)N=c2s/c(=C\c3cc(C)n(-c4ccc(C)c(I)c4)c3C)c(=O)n2[C@H]1c1cccs1. The Morgan fingerprint density at radius 3 is 2.55 bits per heavy atom. The summed E-state index contributed by atoms with van der Waals surface area (Å²) in [6.45, 7) is 8.26. The predicted octanol–water partition coefficient (Wildman–Crippen LogP) is 6.32. The van der Waals surface area contributed by atoms with Gasteiger partial charge in [0.15, 0.2) is 4.80 Å². The van der Waals surface area contributed by atoms with Crippen LogP contribution < -0.4 is 14.9 Å². The molecule has 42 heavy (non-hydrogen) atoms. The first-order valence-corrected chi connectivity index (χ1v) is 16.3. The van der Waals surface area contributed by atoms with Gasteiger partial charge >= 0.3 is 5.97 Å². The van der Waals surface area contributed by atoms with Gasteiger partial charge in [-0.05, 0) is 97.1 Å². The largest absolute Gasteiger partial charge is 0.463 e. The highest BCUT2D eigenvalue weighted by Crippen LogP contribution is 2.37. The Kier molecular flexibility index (Phi) is 7.91. The molecular formula is C33H28IN3O3S2. The van der Waals surface area contributed by atoms with Crippen molar-refractivity contribution in [2.24, 2.45) is 4.99 Å². The molecule has 6 rings (SSSR count). The van der Waals surface area contributed by atoms with Crippen LogP contribution in [0.4, 0.5) is 0 Å². The molecule has 0 bridgehead atoms. The molecule has 3 aromatic heterocycles. The Bertz CT molecular complexity index is 2030. The van der Waals surface area contributed by atoms with Crippen LogP contribution in [0.1, 0.15) is 45.9 Å². The van der Waals surface area contributed by atoms with Gasteiger partial charge in [-0.1, -0.05) is 53.8 Å². The van der Waals surface area contributed by atoms with Crippen molar-refractivity contribution in [3.05, 3.63) is 134 Å². The van der Waals surface area contributed by atoms with Crippen LogP contribution in [0, 0.1) is 24.3 Å². The maximum absolute atomic E-state index is 14.2. The van der Waals surface area contributed by atoms with Crippen molar-refractivity contribution in [2.45, 2.75) is 33.7 Å². The molecule has 0 N–H and O–H groups in total. The van der Waals surface area contributed by atoms with E-state index in [9.17, 15) is 9.59 Å². The third-order valence-corrected chi connectivity index (χ3v) is 10.4. The van der Waals surface area contributed by atoms with E-state index >= 15 is 0 Å². The third-order valence-electron chi connectivity index (χ3n) is 7.36. The van der Waals surface area contributed by atoms with Crippen LogP contribution in [0.2, 0.25) is 0 Å². The Balaban J connectivity index is 1.57. The molecule has 2 aromatic carbocycles. The van der Waals surface area contributed by atoms with Gasteiger partial charge in [0.2, 0.25) is 0 Å². The smallest absolute Gasteiger partial charge is 0.338 e. The van der Waals surface area contributed by atoms with Crippen LogP contribution in [0.25, 0.3) is 17.5 Å². The summed E-state index contributed by atoms with van der Waals surface area (Å²) in [5, 5.41) is 1.96. The number of benzene rings is 2. The molecule has 212 valence electrons. The zero-order valence-electron chi connectivity index (χ0n) is 23.6. The average Bonchev–Trinajstić information content (AvgIpc) is 3.69. The van der Waals surface area contributed by atoms with Gasteiger partial charge in [-0.15, -0.1) is 11.3 Å². The first-order chi connectivity index (χ1) is 20.3. The first kappa shape index (κ1) is 28.6. The minimum absolute atomic E-state index is 0.180. The van der Waals surface area contributed by atoms with Gasteiger partial charge in [-0.3, -0.25) is 9.36 Å². The van der Waals surface area contributed by atoms with Crippen LogP contribution in [0.3, 0.4) is 0 Å². The lowest BCUT2D eigenvalue weighted by Crippen LogP contribution is -2.39. The Hall–Kier alpha value is -3.54. The number of carbonyl (C=O) groups excluding carboxylic acids is 1. The number of hydrogen-bond acceptors (Lipinski definition) is 6. The van der Waals surface area contributed by atoms with Crippen molar-refractivity contribution in [1.29, 1.82) is 0 Å². The van der Waals surface area contributed by atoms with Gasteiger partial charge in [-0.2, -0.15) is 0 Å². The van der Waals surface area contributed by atoms with Crippen molar-refractivity contribution < 1.29 is 9.53 Å². The molecule has 4 heterocycles. The predicted molar refractivity (Wildman–Crippen MR) is 178 cm³/mol. The van der Waals surface area contributed by atoms with E-state index in [0.717, 1.165) is 33.1 Å². The van der Waals surface area contributed by atoms with Crippen LogP contribution in [0.5, 0.6) is 0 Å². The van der Waals surface area contributed by atoms with Crippen LogP contribution in [0.15, 0.2) is 87.5 Å². The van der Waals surface area contributed by atoms with E-state index < -0.39 is 12.0 Å². The number of carbonyl (C=O) groups is 1. The average molecular weight is 706 g/mol. The molecule has 1 aliphatic rings. The number of aryl methyl sites for hydroxylation is 2. The number of rotatable bonds is 6. The number of aromatic nitrogens is 2. The highest BCUT2D eigenvalue weighted by Gasteiger charge is 2.35. The molecule has 0 radical (unpaired) electrons. The first-order valence-electron chi connectivity index (χ1n) is 13.6. The molecule has 1 atom stereocenters. The molecule has 0 aliphatic carbocycles. The van der Waals surface area contributed by atoms with E-state index in [2.05, 4.69) is 72.2 Å².